The van der Waals surface area contributed by atoms with Crippen LogP contribution in [0.5, 0.6) is 0 Å². The fraction of sp³-hybridized carbons (Fsp3) is 0.0435. The van der Waals surface area contributed by atoms with Crippen molar-refractivity contribution in [3.05, 3.63) is 96.1 Å². The Bertz CT molecular complexity index is 1100. The highest BCUT2D eigenvalue weighted by molar-refractivity contribution is 7.98. The van der Waals surface area contributed by atoms with Crippen LogP contribution in [0.15, 0.2) is 90.1 Å². The molecule has 0 aliphatic rings. The number of benzene rings is 3. The molecule has 146 valence electrons. The lowest BCUT2D eigenvalue weighted by Crippen LogP contribution is -2.05. The van der Waals surface area contributed by atoms with Crippen LogP contribution in [0.1, 0.15) is 11.1 Å². The molecule has 0 amide bonds. The van der Waals surface area contributed by atoms with Crippen LogP contribution in [0.25, 0.3) is 0 Å². The van der Waals surface area contributed by atoms with Gasteiger partial charge in [0.25, 0.3) is 0 Å². The van der Waals surface area contributed by atoms with Gasteiger partial charge < -0.3 is 10.6 Å². The molecule has 0 aliphatic heterocycles. The van der Waals surface area contributed by atoms with Crippen molar-refractivity contribution in [1.82, 2.24) is 15.0 Å². The summed E-state index contributed by atoms with van der Waals surface area (Å²) in [6, 6.07) is 29.3. The molecule has 2 N–H and O–H groups in total. The molecule has 3 aromatic carbocycles. The Labute approximate surface area is 179 Å². The van der Waals surface area contributed by atoms with Gasteiger partial charge in [-0.15, -0.1) is 0 Å². The first-order chi connectivity index (χ1) is 14.8. The molecular weight excluding hydrogens is 392 g/mol. The molecule has 1 heterocycles. The van der Waals surface area contributed by atoms with Crippen LogP contribution in [0.4, 0.5) is 23.3 Å². The molecule has 0 spiro atoms. The lowest BCUT2D eigenvalue weighted by molar-refractivity contribution is 0.920. The molecule has 6 nitrogen and oxygen atoms in total. The van der Waals surface area contributed by atoms with E-state index in [-0.39, 0.29) is 0 Å². The SMILES string of the molecule is N#Cc1ccccc1CSc1nc(Nc2ccccc2)nc(Nc2ccccc2)n1. The van der Waals surface area contributed by atoms with Gasteiger partial charge in [-0.3, -0.25) is 0 Å². The van der Waals surface area contributed by atoms with E-state index in [2.05, 4.69) is 31.7 Å². The molecule has 30 heavy (non-hydrogen) atoms. The molecule has 0 saturated carbocycles. The second-order valence-corrected chi connectivity index (χ2v) is 7.25. The van der Waals surface area contributed by atoms with Crippen molar-refractivity contribution in [3.63, 3.8) is 0 Å². The first kappa shape index (κ1) is 19.4. The summed E-state index contributed by atoms with van der Waals surface area (Å²) in [5.74, 6) is 1.49. The van der Waals surface area contributed by atoms with Crippen LogP contribution < -0.4 is 10.6 Å². The van der Waals surface area contributed by atoms with Crippen molar-refractivity contribution >= 4 is 35.0 Å². The lowest BCUT2D eigenvalue weighted by atomic mass is 10.1. The number of hydrogen-bond donors (Lipinski definition) is 2. The Morgan fingerprint density at radius 3 is 1.80 bits per heavy atom. The quantitative estimate of drug-likeness (QED) is 0.388. The maximum Gasteiger partial charge on any atom is 0.233 e. The van der Waals surface area contributed by atoms with Gasteiger partial charge in [-0.05, 0) is 35.9 Å². The zero-order valence-electron chi connectivity index (χ0n) is 16.0. The second-order valence-electron chi connectivity index (χ2n) is 6.30. The molecule has 0 saturated heterocycles. The Morgan fingerprint density at radius 2 is 1.23 bits per heavy atom. The third kappa shape index (κ3) is 5.13. The summed E-state index contributed by atoms with van der Waals surface area (Å²) in [5, 5.41) is 16.3. The molecule has 4 rings (SSSR count). The van der Waals surface area contributed by atoms with Gasteiger partial charge in [-0.2, -0.15) is 20.2 Å². The Hall–Kier alpha value is -3.89. The van der Waals surface area contributed by atoms with Crippen LogP contribution >= 0.6 is 11.8 Å². The van der Waals surface area contributed by atoms with Crippen LogP contribution in [-0.2, 0) is 5.75 Å². The summed E-state index contributed by atoms with van der Waals surface area (Å²) in [6.07, 6.45) is 0. The van der Waals surface area contributed by atoms with E-state index in [9.17, 15) is 5.26 Å². The summed E-state index contributed by atoms with van der Waals surface area (Å²) in [6.45, 7) is 0. The fourth-order valence-electron chi connectivity index (χ4n) is 2.73. The number of thioether (sulfide) groups is 1. The highest BCUT2D eigenvalue weighted by Gasteiger charge is 2.10. The minimum absolute atomic E-state index is 0.450. The summed E-state index contributed by atoms with van der Waals surface area (Å²) in [5.41, 5.74) is 3.38. The average Bonchev–Trinajstić information content (AvgIpc) is 2.79. The van der Waals surface area contributed by atoms with Gasteiger partial charge in [0.2, 0.25) is 11.9 Å². The topological polar surface area (TPSA) is 86.5 Å². The van der Waals surface area contributed by atoms with E-state index in [1.807, 2.05) is 84.9 Å². The Kier molecular flexibility index (Phi) is 6.18. The maximum atomic E-state index is 9.31. The van der Waals surface area contributed by atoms with Crippen molar-refractivity contribution < 1.29 is 0 Å². The van der Waals surface area contributed by atoms with Gasteiger partial charge in [-0.25, -0.2) is 0 Å². The Morgan fingerprint density at radius 1 is 0.700 bits per heavy atom. The number of nitrogens with one attached hydrogen (secondary N) is 2. The van der Waals surface area contributed by atoms with Crippen molar-refractivity contribution in [3.8, 4) is 6.07 Å². The normalized spacial score (nSPS) is 10.2. The molecule has 0 fully saturated rings. The number of nitriles is 1. The van der Waals surface area contributed by atoms with Crippen LogP contribution in [0, 0.1) is 11.3 Å². The van der Waals surface area contributed by atoms with E-state index in [4.69, 9.17) is 0 Å². The van der Waals surface area contributed by atoms with Crippen molar-refractivity contribution in [2.24, 2.45) is 0 Å². The van der Waals surface area contributed by atoms with E-state index in [0.717, 1.165) is 16.9 Å². The molecule has 0 bridgehead atoms. The number of anilines is 4. The van der Waals surface area contributed by atoms with Gasteiger partial charge in [0.15, 0.2) is 5.16 Å². The number of nitrogens with zero attached hydrogens (tertiary/aromatic N) is 4. The molecule has 0 unspecified atom stereocenters. The Balaban J connectivity index is 1.60. The van der Waals surface area contributed by atoms with E-state index >= 15 is 0 Å². The summed E-state index contributed by atoms with van der Waals surface area (Å²) >= 11 is 1.46. The highest BCUT2D eigenvalue weighted by atomic mass is 32.2. The third-order valence-electron chi connectivity index (χ3n) is 4.17. The van der Waals surface area contributed by atoms with Crippen molar-refractivity contribution in [2.75, 3.05) is 10.6 Å². The predicted molar refractivity (Wildman–Crippen MR) is 120 cm³/mol. The molecule has 0 atom stereocenters. The molecule has 7 heteroatoms. The largest absolute Gasteiger partial charge is 0.324 e. The molecular formula is C23H18N6S. The highest BCUT2D eigenvalue weighted by Crippen LogP contribution is 2.25. The van der Waals surface area contributed by atoms with E-state index in [1.54, 1.807) is 0 Å². The molecule has 0 radical (unpaired) electrons. The molecule has 1 aromatic heterocycles. The standard InChI is InChI=1S/C23H18N6S/c24-15-17-9-7-8-10-18(17)16-30-23-28-21(25-19-11-3-1-4-12-19)27-22(29-23)26-20-13-5-2-6-14-20/h1-14H,16H2,(H2,25,26,27,28,29). The smallest absolute Gasteiger partial charge is 0.233 e. The van der Waals surface area contributed by atoms with E-state index in [1.165, 1.54) is 11.8 Å². The number of hydrogen-bond acceptors (Lipinski definition) is 7. The lowest BCUT2D eigenvalue weighted by Gasteiger charge is -2.10. The summed E-state index contributed by atoms with van der Waals surface area (Å²) in [4.78, 5) is 13.6. The minimum atomic E-state index is 0.450. The monoisotopic (exact) mass is 410 g/mol. The van der Waals surface area contributed by atoms with E-state index in [0.29, 0.717) is 28.4 Å². The van der Waals surface area contributed by atoms with Gasteiger partial charge >= 0.3 is 0 Å². The molecule has 0 aliphatic carbocycles. The van der Waals surface area contributed by atoms with Crippen molar-refractivity contribution in [2.45, 2.75) is 10.9 Å². The third-order valence-corrected chi connectivity index (χ3v) is 5.07. The summed E-state index contributed by atoms with van der Waals surface area (Å²) in [7, 11) is 0. The van der Waals surface area contributed by atoms with Crippen LogP contribution in [0.3, 0.4) is 0 Å². The first-order valence-corrected chi connectivity index (χ1v) is 10.3. The second kappa shape index (κ2) is 9.54. The number of para-hydroxylation sites is 2. The molecule has 4 aromatic rings. The van der Waals surface area contributed by atoms with Crippen molar-refractivity contribution in [1.29, 1.82) is 5.26 Å². The zero-order valence-corrected chi connectivity index (χ0v) is 16.8. The van der Waals surface area contributed by atoms with Gasteiger partial charge in [0.05, 0.1) is 11.6 Å². The zero-order chi connectivity index (χ0) is 20.6. The van der Waals surface area contributed by atoms with Crippen LogP contribution in [-0.4, -0.2) is 15.0 Å². The van der Waals surface area contributed by atoms with Gasteiger partial charge in [0.1, 0.15) is 0 Å². The average molecular weight is 411 g/mol. The first-order valence-electron chi connectivity index (χ1n) is 9.31. The number of rotatable bonds is 7. The number of aromatic nitrogens is 3. The van der Waals surface area contributed by atoms with E-state index < -0.39 is 0 Å². The minimum Gasteiger partial charge on any atom is -0.324 e. The van der Waals surface area contributed by atoms with Crippen LogP contribution in [0.2, 0.25) is 0 Å². The summed E-state index contributed by atoms with van der Waals surface area (Å²) < 4.78 is 0. The maximum absolute atomic E-state index is 9.31. The predicted octanol–water partition coefficient (Wildman–Crippen LogP) is 5.52. The fourth-order valence-corrected chi connectivity index (χ4v) is 3.57. The van der Waals surface area contributed by atoms with Gasteiger partial charge in [0, 0.05) is 17.1 Å². The van der Waals surface area contributed by atoms with Gasteiger partial charge in [-0.1, -0.05) is 66.4 Å².